The van der Waals surface area contributed by atoms with Gasteiger partial charge in [0.05, 0.1) is 12.6 Å². The second-order valence-electron chi connectivity index (χ2n) is 11.2. The van der Waals surface area contributed by atoms with Gasteiger partial charge in [-0.25, -0.2) is 9.78 Å². The minimum atomic E-state index is -0.238. The SMILES string of the molecule is COc1ccnc(NC(=O)CN2CC3(CCC(c4ccccc4)(N(C)C)CC3)N(CC3CCC3)C2=O)c1. The van der Waals surface area contributed by atoms with Gasteiger partial charge < -0.3 is 19.9 Å². The van der Waals surface area contributed by atoms with E-state index in [1.165, 1.54) is 24.8 Å². The summed E-state index contributed by atoms with van der Waals surface area (Å²) in [6.07, 6.45) is 9.02. The highest BCUT2D eigenvalue weighted by molar-refractivity contribution is 5.94. The van der Waals surface area contributed by atoms with Gasteiger partial charge in [-0.05, 0) is 70.2 Å². The average Bonchev–Trinajstić information content (AvgIpc) is 3.12. The van der Waals surface area contributed by atoms with E-state index in [9.17, 15) is 9.59 Å². The molecule has 37 heavy (non-hydrogen) atoms. The van der Waals surface area contributed by atoms with Crippen molar-refractivity contribution in [3.05, 3.63) is 54.2 Å². The zero-order chi connectivity index (χ0) is 26.0. The Hall–Kier alpha value is -3.13. The van der Waals surface area contributed by atoms with Gasteiger partial charge in [0.15, 0.2) is 0 Å². The lowest BCUT2D eigenvalue weighted by atomic mass is 9.68. The fraction of sp³-hybridized carbons (Fsp3) is 0.552. The number of nitrogens with zero attached hydrogens (tertiary/aromatic N) is 4. The van der Waals surface area contributed by atoms with Crippen molar-refractivity contribution < 1.29 is 14.3 Å². The number of urea groups is 1. The predicted molar refractivity (Wildman–Crippen MR) is 143 cm³/mol. The standard InChI is InChI=1S/C29H39N5O3/c1-32(2)29(23-10-5-4-6-11-23)15-13-28(14-16-29)21-33(27(36)34(28)19-22-8-7-9-22)20-26(35)31-25-18-24(37-3)12-17-30-25/h4-6,10-12,17-18,22H,7-9,13-16,19-21H2,1-3H3,(H,30,31,35). The molecule has 1 spiro atoms. The first kappa shape index (κ1) is 25.5. The number of carbonyl (C=O) groups excluding carboxylic acids is 2. The Labute approximate surface area is 220 Å². The molecule has 0 bridgehead atoms. The first-order valence-corrected chi connectivity index (χ1v) is 13.4. The van der Waals surface area contributed by atoms with Crippen molar-refractivity contribution in [2.24, 2.45) is 5.92 Å². The number of methoxy groups -OCH3 is 1. The molecule has 198 valence electrons. The summed E-state index contributed by atoms with van der Waals surface area (Å²) in [5.41, 5.74) is 1.07. The minimum absolute atomic E-state index is 0.00212. The molecule has 3 fully saturated rings. The maximum absolute atomic E-state index is 13.7. The van der Waals surface area contributed by atoms with Crippen LogP contribution >= 0.6 is 0 Å². The molecule has 3 aliphatic rings. The summed E-state index contributed by atoms with van der Waals surface area (Å²) in [5, 5.41) is 2.83. The molecule has 1 saturated heterocycles. The van der Waals surface area contributed by atoms with E-state index >= 15 is 0 Å². The predicted octanol–water partition coefficient (Wildman–Crippen LogP) is 4.34. The van der Waals surface area contributed by atoms with Crippen molar-refractivity contribution in [3.8, 4) is 5.75 Å². The molecule has 3 amide bonds. The van der Waals surface area contributed by atoms with Crippen molar-refractivity contribution >= 4 is 17.8 Å². The van der Waals surface area contributed by atoms with Gasteiger partial charge in [-0.3, -0.25) is 9.69 Å². The fourth-order valence-electron chi connectivity index (χ4n) is 6.47. The van der Waals surface area contributed by atoms with Gasteiger partial charge in [-0.2, -0.15) is 0 Å². The Morgan fingerprint density at radius 3 is 2.49 bits per heavy atom. The van der Waals surface area contributed by atoms with E-state index in [4.69, 9.17) is 4.74 Å². The van der Waals surface area contributed by atoms with Gasteiger partial charge in [-0.1, -0.05) is 36.8 Å². The highest BCUT2D eigenvalue weighted by Crippen LogP contribution is 2.49. The quantitative estimate of drug-likeness (QED) is 0.578. The lowest BCUT2D eigenvalue weighted by Crippen LogP contribution is -2.56. The number of anilines is 1. The molecule has 0 atom stereocenters. The van der Waals surface area contributed by atoms with Crippen molar-refractivity contribution in [1.82, 2.24) is 19.7 Å². The second-order valence-corrected chi connectivity index (χ2v) is 11.2. The first-order chi connectivity index (χ1) is 17.8. The number of hydrogen-bond donors (Lipinski definition) is 1. The van der Waals surface area contributed by atoms with Crippen LogP contribution in [0, 0.1) is 5.92 Å². The smallest absolute Gasteiger partial charge is 0.321 e. The monoisotopic (exact) mass is 505 g/mol. The number of carbonyl (C=O) groups is 2. The number of nitrogens with one attached hydrogen (secondary N) is 1. The first-order valence-electron chi connectivity index (χ1n) is 13.4. The lowest BCUT2D eigenvalue weighted by Gasteiger charge is -2.51. The van der Waals surface area contributed by atoms with E-state index in [2.05, 4.69) is 64.5 Å². The number of aromatic nitrogens is 1. The topological polar surface area (TPSA) is 78.0 Å². The number of rotatable bonds is 8. The van der Waals surface area contributed by atoms with Crippen LogP contribution in [0.4, 0.5) is 10.6 Å². The molecule has 1 aliphatic heterocycles. The molecule has 8 heteroatoms. The Morgan fingerprint density at radius 2 is 1.86 bits per heavy atom. The van der Waals surface area contributed by atoms with Gasteiger partial charge >= 0.3 is 6.03 Å². The Balaban J connectivity index is 1.33. The van der Waals surface area contributed by atoms with Crippen LogP contribution in [0.3, 0.4) is 0 Å². The molecule has 1 N–H and O–H groups in total. The number of benzene rings is 1. The normalized spacial score (nSPS) is 26.0. The fourth-order valence-corrected chi connectivity index (χ4v) is 6.47. The van der Waals surface area contributed by atoms with Gasteiger partial charge in [0.2, 0.25) is 5.91 Å². The van der Waals surface area contributed by atoms with E-state index in [-0.39, 0.29) is 29.6 Å². The maximum Gasteiger partial charge on any atom is 0.321 e. The number of pyridine rings is 1. The number of hydrogen-bond acceptors (Lipinski definition) is 5. The van der Waals surface area contributed by atoms with Crippen molar-refractivity contribution in [1.29, 1.82) is 0 Å². The zero-order valence-corrected chi connectivity index (χ0v) is 22.3. The molecule has 2 saturated carbocycles. The van der Waals surface area contributed by atoms with Crippen molar-refractivity contribution in [2.75, 3.05) is 46.2 Å². The Bertz CT molecular complexity index is 1110. The molecular formula is C29H39N5O3. The van der Waals surface area contributed by atoms with Crippen molar-refractivity contribution in [3.63, 3.8) is 0 Å². The summed E-state index contributed by atoms with van der Waals surface area (Å²) in [4.78, 5) is 37.1. The van der Waals surface area contributed by atoms with Gasteiger partial charge in [-0.15, -0.1) is 0 Å². The summed E-state index contributed by atoms with van der Waals surface area (Å²) in [5.74, 6) is 1.38. The van der Waals surface area contributed by atoms with Crippen LogP contribution in [0.2, 0.25) is 0 Å². The van der Waals surface area contributed by atoms with Gasteiger partial charge in [0.25, 0.3) is 0 Å². The second kappa shape index (κ2) is 10.3. The van der Waals surface area contributed by atoms with E-state index in [1.807, 2.05) is 0 Å². The molecule has 8 nitrogen and oxygen atoms in total. The third-order valence-corrected chi connectivity index (χ3v) is 8.97. The average molecular weight is 506 g/mol. The summed E-state index contributed by atoms with van der Waals surface area (Å²) in [6, 6.07) is 14.2. The summed E-state index contributed by atoms with van der Waals surface area (Å²) in [7, 11) is 5.91. The molecule has 2 aromatic rings. The van der Waals surface area contributed by atoms with Crippen LogP contribution in [0.15, 0.2) is 48.7 Å². The van der Waals surface area contributed by atoms with E-state index in [0.717, 1.165) is 32.2 Å². The molecule has 1 aromatic heterocycles. The summed E-state index contributed by atoms with van der Waals surface area (Å²) >= 11 is 0. The third kappa shape index (κ3) is 4.91. The number of amides is 3. The van der Waals surface area contributed by atoms with Crippen LogP contribution in [0.25, 0.3) is 0 Å². The highest BCUT2D eigenvalue weighted by atomic mass is 16.5. The van der Waals surface area contributed by atoms with E-state index < -0.39 is 0 Å². The summed E-state index contributed by atoms with van der Waals surface area (Å²) < 4.78 is 5.23. The van der Waals surface area contributed by atoms with Crippen molar-refractivity contribution in [2.45, 2.75) is 56.0 Å². The molecule has 0 unspecified atom stereocenters. The molecule has 1 aromatic carbocycles. The van der Waals surface area contributed by atoms with Gasteiger partial charge in [0.1, 0.15) is 18.1 Å². The van der Waals surface area contributed by atoms with Gasteiger partial charge in [0, 0.05) is 30.9 Å². The lowest BCUT2D eigenvalue weighted by molar-refractivity contribution is -0.116. The zero-order valence-electron chi connectivity index (χ0n) is 22.3. The Morgan fingerprint density at radius 1 is 1.14 bits per heavy atom. The molecule has 0 radical (unpaired) electrons. The highest BCUT2D eigenvalue weighted by Gasteiger charge is 2.55. The van der Waals surface area contributed by atoms with Crippen LogP contribution in [-0.2, 0) is 10.3 Å². The maximum atomic E-state index is 13.7. The van der Waals surface area contributed by atoms with Crippen LogP contribution in [-0.4, -0.2) is 78.0 Å². The van der Waals surface area contributed by atoms with Crippen LogP contribution in [0.5, 0.6) is 5.75 Å². The van der Waals surface area contributed by atoms with Crippen LogP contribution < -0.4 is 10.1 Å². The van der Waals surface area contributed by atoms with E-state index in [1.54, 1.807) is 30.3 Å². The minimum Gasteiger partial charge on any atom is -0.497 e. The Kier molecular flexibility index (Phi) is 7.12. The molecule has 5 rings (SSSR count). The summed E-state index contributed by atoms with van der Waals surface area (Å²) in [6.45, 7) is 1.42. The third-order valence-electron chi connectivity index (χ3n) is 8.97. The largest absolute Gasteiger partial charge is 0.497 e. The van der Waals surface area contributed by atoms with E-state index in [0.29, 0.717) is 24.0 Å². The molecular weight excluding hydrogens is 466 g/mol. The number of ether oxygens (including phenoxy) is 1. The molecule has 2 aliphatic carbocycles. The van der Waals surface area contributed by atoms with Crippen LogP contribution in [0.1, 0.15) is 50.5 Å². The molecule has 2 heterocycles.